The van der Waals surface area contributed by atoms with Crippen LogP contribution in [0.5, 0.6) is 0 Å². The van der Waals surface area contributed by atoms with E-state index in [4.69, 9.17) is 4.74 Å². The van der Waals surface area contributed by atoms with Gasteiger partial charge in [0.15, 0.2) is 0 Å². The van der Waals surface area contributed by atoms with Gasteiger partial charge in [0.05, 0.1) is 18.8 Å². The SMILES string of the molecule is CC(C)(O)CN1CCC(CCCN2CCOCC2)CC1. The first-order chi connectivity index (χ1) is 9.53. The average molecular weight is 284 g/mol. The molecule has 2 heterocycles. The van der Waals surface area contributed by atoms with Crippen molar-refractivity contribution in [1.29, 1.82) is 0 Å². The minimum Gasteiger partial charge on any atom is -0.389 e. The number of aliphatic hydroxyl groups is 1. The van der Waals surface area contributed by atoms with E-state index in [1.165, 1.54) is 32.2 Å². The van der Waals surface area contributed by atoms with E-state index in [2.05, 4.69) is 9.80 Å². The van der Waals surface area contributed by atoms with Crippen LogP contribution < -0.4 is 0 Å². The van der Waals surface area contributed by atoms with E-state index < -0.39 is 5.60 Å². The molecule has 4 nitrogen and oxygen atoms in total. The van der Waals surface area contributed by atoms with Gasteiger partial charge in [0.2, 0.25) is 0 Å². The summed E-state index contributed by atoms with van der Waals surface area (Å²) in [5.41, 5.74) is -0.552. The lowest BCUT2D eigenvalue weighted by Gasteiger charge is -2.35. The van der Waals surface area contributed by atoms with Gasteiger partial charge < -0.3 is 14.7 Å². The first kappa shape index (κ1) is 16.2. The molecular weight excluding hydrogens is 252 g/mol. The van der Waals surface area contributed by atoms with Gasteiger partial charge in [-0.05, 0) is 65.1 Å². The largest absolute Gasteiger partial charge is 0.389 e. The Morgan fingerprint density at radius 1 is 1.05 bits per heavy atom. The summed E-state index contributed by atoms with van der Waals surface area (Å²) in [4.78, 5) is 4.95. The predicted molar refractivity (Wildman–Crippen MR) is 82.0 cm³/mol. The smallest absolute Gasteiger partial charge is 0.0718 e. The Kier molecular flexibility index (Phi) is 6.27. The molecule has 4 heteroatoms. The number of β-amino-alcohol motifs (C(OH)–C–C–N with tert-alkyl or cyclic N) is 1. The molecule has 0 unspecified atom stereocenters. The normalized spacial score (nSPS) is 24.1. The summed E-state index contributed by atoms with van der Waals surface area (Å²) in [6.45, 7) is 12.2. The van der Waals surface area contributed by atoms with Crippen LogP contribution in [0.15, 0.2) is 0 Å². The average Bonchev–Trinajstić information content (AvgIpc) is 2.40. The van der Waals surface area contributed by atoms with E-state index in [1.807, 2.05) is 13.8 Å². The molecule has 2 saturated heterocycles. The van der Waals surface area contributed by atoms with Crippen molar-refractivity contribution in [3.63, 3.8) is 0 Å². The quantitative estimate of drug-likeness (QED) is 0.803. The van der Waals surface area contributed by atoms with Crippen LogP contribution in [0.2, 0.25) is 0 Å². The van der Waals surface area contributed by atoms with E-state index >= 15 is 0 Å². The third-order valence-electron chi connectivity index (χ3n) is 4.51. The van der Waals surface area contributed by atoms with Crippen LogP contribution in [0.3, 0.4) is 0 Å². The standard InChI is InChI=1S/C16H32N2O2/c1-16(2,19)14-18-8-5-15(6-9-18)4-3-7-17-10-12-20-13-11-17/h15,19H,3-14H2,1-2H3. The monoisotopic (exact) mass is 284 g/mol. The van der Waals surface area contributed by atoms with E-state index in [0.29, 0.717) is 0 Å². The summed E-state index contributed by atoms with van der Waals surface area (Å²) in [6.07, 6.45) is 5.31. The molecule has 0 bridgehead atoms. The summed E-state index contributed by atoms with van der Waals surface area (Å²) in [5, 5.41) is 9.86. The molecule has 2 rings (SSSR count). The van der Waals surface area contributed by atoms with Crippen LogP contribution in [-0.4, -0.2) is 73.0 Å². The zero-order valence-corrected chi connectivity index (χ0v) is 13.3. The Labute approximate surface area is 124 Å². The second-order valence-electron chi connectivity index (χ2n) is 7.13. The predicted octanol–water partition coefficient (Wildman–Crippen LogP) is 1.58. The lowest BCUT2D eigenvalue weighted by Crippen LogP contribution is -2.43. The third kappa shape index (κ3) is 6.08. The second kappa shape index (κ2) is 7.74. The Morgan fingerprint density at radius 3 is 2.30 bits per heavy atom. The molecule has 0 aliphatic carbocycles. The molecule has 2 aliphatic heterocycles. The summed E-state index contributed by atoms with van der Waals surface area (Å²) in [5.74, 6) is 0.897. The van der Waals surface area contributed by atoms with Gasteiger partial charge in [0, 0.05) is 19.6 Å². The third-order valence-corrected chi connectivity index (χ3v) is 4.51. The molecule has 0 spiro atoms. The van der Waals surface area contributed by atoms with Gasteiger partial charge in [-0.15, -0.1) is 0 Å². The van der Waals surface area contributed by atoms with Crippen LogP contribution in [0.1, 0.15) is 39.5 Å². The Balaban J connectivity index is 1.55. The summed E-state index contributed by atoms with van der Waals surface area (Å²) in [7, 11) is 0. The topological polar surface area (TPSA) is 35.9 Å². The van der Waals surface area contributed by atoms with Crippen LogP contribution >= 0.6 is 0 Å². The number of morpholine rings is 1. The summed E-state index contributed by atoms with van der Waals surface area (Å²) >= 11 is 0. The fourth-order valence-corrected chi connectivity index (χ4v) is 3.41. The second-order valence-corrected chi connectivity index (χ2v) is 7.13. The zero-order chi connectivity index (χ0) is 14.4. The fraction of sp³-hybridized carbons (Fsp3) is 1.00. The first-order valence-electron chi connectivity index (χ1n) is 8.28. The van der Waals surface area contributed by atoms with Crippen LogP contribution in [0.25, 0.3) is 0 Å². The van der Waals surface area contributed by atoms with Crippen molar-refractivity contribution in [3.8, 4) is 0 Å². The highest BCUT2D eigenvalue weighted by Crippen LogP contribution is 2.23. The maximum absolute atomic E-state index is 9.86. The van der Waals surface area contributed by atoms with Crippen molar-refractivity contribution in [1.82, 2.24) is 9.80 Å². The summed E-state index contributed by atoms with van der Waals surface area (Å²) in [6, 6.07) is 0. The highest BCUT2D eigenvalue weighted by Gasteiger charge is 2.23. The minimum atomic E-state index is -0.552. The number of hydrogen-bond donors (Lipinski definition) is 1. The number of nitrogens with zero attached hydrogens (tertiary/aromatic N) is 2. The van der Waals surface area contributed by atoms with Crippen LogP contribution in [-0.2, 0) is 4.74 Å². The lowest BCUT2D eigenvalue weighted by atomic mass is 9.91. The number of hydrogen-bond acceptors (Lipinski definition) is 4. The molecule has 0 aromatic carbocycles. The minimum absolute atomic E-state index is 0.552. The van der Waals surface area contributed by atoms with E-state index in [1.54, 1.807) is 0 Å². The Morgan fingerprint density at radius 2 is 1.70 bits per heavy atom. The molecule has 0 aromatic heterocycles. The molecule has 0 radical (unpaired) electrons. The van der Waals surface area contributed by atoms with Crippen molar-refractivity contribution in [2.24, 2.45) is 5.92 Å². The van der Waals surface area contributed by atoms with Crippen LogP contribution in [0, 0.1) is 5.92 Å². The molecule has 118 valence electrons. The van der Waals surface area contributed by atoms with Gasteiger partial charge in [-0.2, -0.15) is 0 Å². The summed E-state index contributed by atoms with van der Waals surface area (Å²) < 4.78 is 5.38. The molecule has 0 saturated carbocycles. The van der Waals surface area contributed by atoms with Crippen molar-refractivity contribution in [3.05, 3.63) is 0 Å². The Bertz CT molecular complexity index is 264. The molecule has 0 aromatic rings. The molecule has 20 heavy (non-hydrogen) atoms. The van der Waals surface area contributed by atoms with Gasteiger partial charge in [0.25, 0.3) is 0 Å². The number of rotatable bonds is 6. The van der Waals surface area contributed by atoms with Gasteiger partial charge >= 0.3 is 0 Å². The number of likely N-dealkylation sites (tertiary alicyclic amines) is 1. The molecule has 0 amide bonds. The number of piperidine rings is 1. The molecular formula is C16H32N2O2. The van der Waals surface area contributed by atoms with E-state index in [-0.39, 0.29) is 0 Å². The fourth-order valence-electron chi connectivity index (χ4n) is 3.41. The lowest BCUT2D eigenvalue weighted by molar-refractivity contribution is 0.0222. The van der Waals surface area contributed by atoms with Crippen LogP contribution in [0.4, 0.5) is 0 Å². The molecule has 1 N–H and O–H groups in total. The van der Waals surface area contributed by atoms with Crippen molar-refractivity contribution in [2.75, 3.05) is 52.5 Å². The zero-order valence-electron chi connectivity index (χ0n) is 13.3. The highest BCUT2D eigenvalue weighted by molar-refractivity contribution is 4.78. The molecule has 0 atom stereocenters. The van der Waals surface area contributed by atoms with Crippen molar-refractivity contribution in [2.45, 2.75) is 45.1 Å². The molecule has 2 fully saturated rings. The maximum atomic E-state index is 9.86. The van der Waals surface area contributed by atoms with Gasteiger partial charge in [-0.25, -0.2) is 0 Å². The number of ether oxygens (including phenoxy) is 1. The van der Waals surface area contributed by atoms with E-state index in [0.717, 1.165) is 51.9 Å². The maximum Gasteiger partial charge on any atom is 0.0718 e. The highest BCUT2D eigenvalue weighted by atomic mass is 16.5. The van der Waals surface area contributed by atoms with Crippen molar-refractivity contribution >= 4 is 0 Å². The Hall–Kier alpha value is -0.160. The van der Waals surface area contributed by atoms with Gasteiger partial charge in [-0.1, -0.05) is 0 Å². The van der Waals surface area contributed by atoms with Crippen molar-refractivity contribution < 1.29 is 9.84 Å². The van der Waals surface area contributed by atoms with Gasteiger partial charge in [0.1, 0.15) is 0 Å². The molecule has 2 aliphatic rings. The van der Waals surface area contributed by atoms with E-state index in [9.17, 15) is 5.11 Å². The first-order valence-corrected chi connectivity index (χ1v) is 8.28. The van der Waals surface area contributed by atoms with Gasteiger partial charge in [-0.3, -0.25) is 4.90 Å².